The first kappa shape index (κ1) is 27.3. The fraction of sp³-hybridized carbons (Fsp3) is 0.433. The maximum absolute atomic E-state index is 13.7. The number of nitrogens with zero attached hydrogens (tertiary/aromatic N) is 4. The molecule has 0 spiro atoms. The average molecular weight is 549 g/mol. The number of benzene rings is 2. The van der Waals surface area contributed by atoms with E-state index in [-0.39, 0.29) is 12.3 Å². The van der Waals surface area contributed by atoms with E-state index >= 15 is 0 Å². The van der Waals surface area contributed by atoms with E-state index in [0.717, 1.165) is 67.3 Å². The van der Waals surface area contributed by atoms with Gasteiger partial charge in [0.15, 0.2) is 5.13 Å². The third-order valence-electron chi connectivity index (χ3n) is 7.84. The van der Waals surface area contributed by atoms with Gasteiger partial charge in [0, 0.05) is 50.7 Å². The number of likely N-dealkylation sites (N-methyl/N-ethyl adjacent to an activating group) is 1. The predicted molar refractivity (Wildman–Crippen MR) is 154 cm³/mol. The molecule has 0 radical (unpaired) electrons. The molecular formula is C30H36N4O4S. The Morgan fingerprint density at radius 3 is 2.36 bits per heavy atom. The van der Waals surface area contributed by atoms with Gasteiger partial charge in [-0.05, 0) is 61.7 Å². The summed E-state index contributed by atoms with van der Waals surface area (Å²) in [4.78, 5) is 36.6. The smallest absolute Gasteiger partial charge is 0.304 e. The molecule has 1 aliphatic heterocycles. The zero-order valence-electron chi connectivity index (χ0n) is 22.6. The Hall–Kier alpha value is -3.27. The molecule has 1 aromatic heterocycles. The minimum atomic E-state index is -1.00. The predicted octanol–water partition coefficient (Wildman–Crippen LogP) is 4.05. The second-order valence-electron chi connectivity index (χ2n) is 10.7. The molecule has 0 unspecified atom stereocenters. The number of carbonyl (C=O) groups is 2. The van der Waals surface area contributed by atoms with Gasteiger partial charge in [-0.2, -0.15) is 0 Å². The Balaban J connectivity index is 1.18. The Bertz CT molecular complexity index is 1280. The molecule has 0 saturated carbocycles. The molecule has 1 fully saturated rings. The number of rotatable bonds is 10. The summed E-state index contributed by atoms with van der Waals surface area (Å²) in [7, 11) is 3.86. The van der Waals surface area contributed by atoms with Crippen LogP contribution in [0.4, 0.5) is 5.13 Å². The molecule has 1 amide bonds. The summed E-state index contributed by atoms with van der Waals surface area (Å²) in [6.45, 7) is 6.23. The van der Waals surface area contributed by atoms with Crippen molar-refractivity contribution in [3.8, 4) is 17.0 Å². The fourth-order valence-electron chi connectivity index (χ4n) is 5.60. The third kappa shape index (κ3) is 6.32. The maximum atomic E-state index is 13.7. The highest BCUT2D eigenvalue weighted by Gasteiger charge is 2.47. The number of anilines is 1. The molecule has 8 nitrogen and oxygen atoms in total. The van der Waals surface area contributed by atoms with Crippen LogP contribution in [0.1, 0.15) is 24.0 Å². The van der Waals surface area contributed by atoms with Gasteiger partial charge in [-0.25, -0.2) is 4.98 Å². The summed E-state index contributed by atoms with van der Waals surface area (Å²) in [6, 6.07) is 15.7. The molecule has 9 heteroatoms. The van der Waals surface area contributed by atoms with E-state index in [1.165, 1.54) is 16.2 Å². The van der Waals surface area contributed by atoms with Crippen LogP contribution in [0.3, 0.4) is 0 Å². The lowest BCUT2D eigenvalue weighted by molar-refractivity contribution is -0.144. The van der Waals surface area contributed by atoms with Crippen molar-refractivity contribution in [2.45, 2.75) is 25.7 Å². The van der Waals surface area contributed by atoms with Gasteiger partial charge in [-0.3, -0.25) is 14.5 Å². The first-order valence-corrected chi connectivity index (χ1v) is 14.4. The van der Waals surface area contributed by atoms with Gasteiger partial charge in [0.2, 0.25) is 5.91 Å². The largest absolute Gasteiger partial charge is 0.494 e. The number of carbonyl (C=O) groups excluding carboxylic acids is 1. The van der Waals surface area contributed by atoms with E-state index in [0.29, 0.717) is 24.6 Å². The van der Waals surface area contributed by atoms with Crippen LogP contribution in [-0.2, 0) is 22.4 Å². The number of amides is 1. The van der Waals surface area contributed by atoms with Crippen LogP contribution in [0.25, 0.3) is 11.3 Å². The normalized spacial score (nSPS) is 17.1. The number of hydrogen-bond acceptors (Lipinski definition) is 7. The minimum absolute atomic E-state index is 0.206. The number of fused-ring (bicyclic) bond motifs is 1. The van der Waals surface area contributed by atoms with E-state index in [9.17, 15) is 14.7 Å². The van der Waals surface area contributed by atoms with E-state index < -0.39 is 11.4 Å². The Morgan fingerprint density at radius 2 is 1.72 bits per heavy atom. The number of hydrogen-bond donors (Lipinski definition) is 1. The molecule has 39 heavy (non-hydrogen) atoms. The van der Waals surface area contributed by atoms with Gasteiger partial charge in [-0.1, -0.05) is 24.3 Å². The molecular weight excluding hydrogens is 512 g/mol. The number of aliphatic carboxylic acids is 1. The molecule has 2 aromatic carbocycles. The van der Waals surface area contributed by atoms with Crippen molar-refractivity contribution >= 4 is 28.3 Å². The molecule has 2 heterocycles. The molecule has 5 rings (SSSR count). The van der Waals surface area contributed by atoms with Crippen molar-refractivity contribution in [1.29, 1.82) is 0 Å². The van der Waals surface area contributed by atoms with Crippen molar-refractivity contribution in [3.05, 3.63) is 65.0 Å². The highest BCUT2D eigenvalue weighted by molar-refractivity contribution is 7.14. The summed E-state index contributed by atoms with van der Waals surface area (Å²) < 4.78 is 5.95. The molecule has 2 aliphatic rings. The SMILES string of the molecule is CN1CCN(CCCOc2ccc(-c3csc(N(C)C(=O)C4(CC(=O)O)Cc5ccccc5C4)n3)cc2)CC1. The second-order valence-corrected chi connectivity index (χ2v) is 11.6. The monoisotopic (exact) mass is 548 g/mol. The van der Waals surface area contributed by atoms with Crippen molar-refractivity contribution in [3.63, 3.8) is 0 Å². The van der Waals surface area contributed by atoms with Gasteiger partial charge >= 0.3 is 5.97 Å². The molecule has 3 aromatic rings. The average Bonchev–Trinajstić information content (AvgIpc) is 3.57. The lowest BCUT2D eigenvalue weighted by Crippen LogP contribution is -2.44. The molecule has 1 N–H and O–H groups in total. The van der Waals surface area contributed by atoms with Gasteiger partial charge in [0.05, 0.1) is 24.1 Å². The fourth-order valence-corrected chi connectivity index (χ4v) is 6.40. The van der Waals surface area contributed by atoms with Crippen LogP contribution < -0.4 is 9.64 Å². The van der Waals surface area contributed by atoms with E-state index in [2.05, 4.69) is 16.8 Å². The Kier molecular flexibility index (Phi) is 8.30. The number of ether oxygens (including phenoxy) is 1. The third-order valence-corrected chi connectivity index (χ3v) is 8.75. The van der Waals surface area contributed by atoms with E-state index in [1.54, 1.807) is 7.05 Å². The number of carboxylic acid groups (broad SMARTS) is 1. The highest BCUT2D eigenvalue weighted by Crippen LogP contribution is 2.42. The molecule has 206 valence electrons. The van der Waals surface area contributed by atoms with Gasteiger partial charge in [0.25, 0.3) is 0 Å². The van der Waals surface area contributed by atoms with E-state index in [4.69, 9.17) is 9.72 Å². The van der Waals surface area contributed by atoms with Crippen LogP contribution >= 0.6 is 11.3 Å². The van der Waals surface area contributed by atoms with E-state index in [1.807, 2.05) is 53.9 Å². The number of thiazole rings is 1. The Labute approximate surface area is 233 Å². The van der Waals surface area contributed by atoms with Gasteiger partial charge < -0.3 is 19.6 Å². The van der Waals surface area contributed by atoms with Crippen LogP contribution in [0, 0.1) is 5.41 Å². The van der Waals surface area contributed by atoms with Crippen molar-refractivity contribution < 1.29 is 19.4 Å². The summed E-state index contributed by atoms with van der Waals surface area (Å²) in [5.41, 5.74) is 2.80. The molecule has 0 atom stereocenters. The minimum Gasteiger partial charge on any atom is -0.494 e. The lowest BCUT2D eigenvalue weighted by Gasteiger charge is -2.32. The first-order valence-electron chi connectivity index (χ1n) is 13.5. The summed E-state index contributed by atoms with van der Waals surface area (Å²) in [5, 5.41) is 12.1. The van der Waals surface area contributed by atoms with Gasteiger partial charge in [-0.15, -0.1) is 11.3 Å². The summed E-state index contributed by atoms with van der Waals surface area (Å²) in [5.74, 6) is -0.343. The number of carboxylic acids is 1. The summed E-state index contributed by atoms with van der Waals surface area (Å²) in [6.07, 6.45) is 1.64. The second kappa shape index (κ2) is 11.9. The van der Waals surface area contributed by atoms with Crippen molar-refractivity contribution in [2.75, 3.05) is 58.3 Å². The topological polar surface area (TPSA) is 86.2 Å². The first-order chi connectivity index (χ1) is 18.8. The number of aromatic nitrogens is 1. The quantitative estimate of drug-likeness (QED) is 0.383. The van der Waals surface area contributed by atoms with Gasteiger partial charge in [0.1, 0.15) is 5.75 Å². The standard InChI is InChI=1S/C30H36N4O4S/c1-32-13-15-34(16-14-32)12-5-17-38-25-10-8-22(9-11-25)26-21-39-29(31-26)33(2)28(37)30(20-27(35)36)18-23-6-3-4-7-24(23)19-30/h3-4,6-11,21H,5,12-20H2,1-2H3,(H,35,36). The van der Waals surface area contributed by atoms with Crippen molar-refractivity contribution in [2.24, 2.45) is 5.41 Å². The van der Waals surface area contributed by atoms with Crippen LogP contribution in [-0.4, -0.2) is 85.2 Å². The molecule has 1 saturated heterocycles. The summed E-state index contributed by atoms with van der Waals surface area (Å²) >= 11 is 1.38. The van der Waals surface area contributed by atoms with Crippen molar-refractivity contribution in [1.82, 2.24) is 14.8 Å². The molecule has 0 bridgehead atoms. The van der Waals surface area contributed by atoms with Crippen LogP contribution in [0.5, 0.6) is 5.75 Å². The molecule has 1 aliphatic carbocycles. The maximum Gasteiger partial charge on any atom is 0.304 e. The lowest BCUT2D eigenvalue weighted by atomic mass is 9.80. The Morgan fingerprint density at radius 1 is 1.05 bits per heavy atom. The highest BCUT2D eigenvalue weighted by atomic mass is 32.1. The van der Waals surface area contributed by atoms with Crippen LogP contribution in [0.2, 0.25) is 0 Å². The van der Waals surface area contributed by atoms with Crippen LogP contribution in [0.15, 0.2) is 53.9 Å². The zero-order valence-corrected chi connectivity index (χ0v) is 23.5. The number of piperazine rings is 1. The zero-order chi connectivity index (χ0) is 27.4.